The van der Waals surface area contributed by atoms with Crippen molar-refractivity contribution in [3.63, 3.8) is 0 Å². The molecular formula is C29H26ClNO6S. The number of carboxylic acids is 1. The molecule has 0 aliphatic carbocycles. The van der Waals surface area contributed by atoms with E-state index in [9.17, 15) is 23.4 Å². The van der Waals surface area contributed by atoms with E-state index in [1.165, 1.54) is 24.3 Å². The largest absolute Gasteiger partial charge is 0.478 e. The van der Waals surface area contributed by atoms with Crippen molar-refractivity contribution in [2.45, 2.75) is 22.3 Å². The molecule has 0 saturated heterocycles. The Kier molecular flexibility index (Phi) is 8.81. The second-order valence-electron chi connectivity index (χ2n) is 8.55. The molecule has 0 bridgehead atoms. The molecule has 4 aromatic carbocycles. The molecule has 0 heterocycles. The normalized spacial score (nSPS) is 12.2. The Morgan fingerprint density at radius 2 is 1.63 bits per heavy atom. The number of aliphatic hydroxyl groups excluding tert-OH is 1. The zero-order valence-corrected chi connectivity index (χ0v) is 21.8. The Hall–Kier alpha value is -3.69. The van der Waals surface area contributed by atoms with Crippen LogP contribution in [0.5, 0.6) is 11.5 Å². The smallest absolute Gasteiger partial charge is 0.339 e. The number of hydrogen-bond donors (Lipinski definition) is 3. The van der Waals surface area contributed by atoms with Crippen molar-refractivity contribution in [2.24, 2.45) is 0 Å². The quantitative estimate of drug-likeness (QED) is 0.210. The summed E-state index contributed by atoms with van der Waals surface area (Å²) in [6.45, 7) is 0.961. The molecule has 0 radical (unpaired) electrons. The van der Waals surface area contributed by atoms with E-state index in [1.807, 2.05) is 6.07 Å². The molecule has 3 N–H and O–H groups in total. The summed E-state index contributed by atoms with van der Waals surface area (Å²) < 4.78 is 32.1. The molecule has 4 aromatic rings. The number of aliphatic hydroxyl groups is 1. The first-order valence-corrected chi connectivity index (χ1v) is 13.7. The SMILES string of the molecule is O=C(O)c1ccccc1Oc1cccc(S(=O)(=O)c2ccc(CCNCC(O)c3cccc(Cl)c3)cc2)c1. The standard InChI is InChI=1S/C29H26ClNO6S/c30-22-6-3-5-21(17-22)27(32)19-31-16-15-20-11-13-24(14-12-20)38(35,36)25-8-4-7-23(18-25)37-28-10-2-1-9-26(28)29(33)34/h1-14,17-18,27,31-32H,15-16,19H2,(H,33,34). The molecule has 196 valence electrons. The van der Waals surface area contributed by atoms with E-state index >= 15 is 0 Å². The van der Waals surface area contributed by atoms with Crippen molar-refractivity contribution in [1.29, 1.82) is 0 Å². The fourth-order valence-corrected chi connectivity index (χ4v) is 5.33. The lowest BCUT2D eigenvalue weighted by Crippen LogP contribution is -2.23. The minimum Gasteiger partial charge on any atom is -0.478 e. The van der Waals surface area contributed by atoms with Crippen molar-refractivity contribution in [3.8, 4) is 11.5 Å². The van der Waals surface area contributed by atoms with E-state index in [2.05, 4.69) is 5.32 Å². The summed E-state index contributed by atoms with van der Waals surface area (Å²) in [5.41, 5.74) is 1.65. The Bertz CT molecular complexity index is 1520. The highest BCUT2D eigenvalue weighted by molar-refractivity contribution is 7.91. The van der Waals surface area contributed by atoms with Crippen LogP contribution in [0.15, 0.2) is 107 Å². The Labute approximate surface area is 226 Å². The highest BCUT2D eigenvalue weighted by atomic mass is 35.5. The number of ether oxygens (including phenoxy) is 1. The van der Waals surface area contributed by atoms with E-state index in [-0.39, 0.29) is 26.9 Å². The molecule has 0 aromatic heterocycles. The van der Waals surface area contributed by atoms with Gasteiger partial charge in [-0.2, -0.15) is 0 Å². The topological polar surface area (TPSA) is 113 Å². The number of hydrogen-bond acceptors (Lipinski definition) is 6. The lowest BCUT2D eigenvalue weighted by molar-refractivity contribution is 0.0694. The molecule has 4 rings (SSSR count). The summed E-state index contributed by atoms with van der Waals surface area (Å²) in [6, 6.07) is 25.8. The van der Waals surface area contributed by atoms with Crippen LogP contribution in [0.2, 0.25) is 5.02 Å². The van der Waals surface area contributed by atoms with Crippen LogP contribution in [0.4, 0.5) is 0 Å². The van der Waals surface area contributed by atoms with Gasteiger partial charge in [0.25, 0.3) is 0 Å². The molecule has 7 nitrogen and oxygen atoms in total. The molecule has 38 heavy (non-hydrogen) atoms. The van der Waals surface area contributed by atoms with Crippen LogP contribution < -0.4 is 10.1 Å². The van der Waals surface area contributed by atoms with Gasteiger partial charge in [-0.3, -0.25) is 0 Å². The fourth-order valence-electron chi connectivity index (χ4n) is 3.84. The monoisotopic (exact) mass is 551 g/mol. The number of para-hydroxylation sites is 1. The molecule has 0 fully saturated rings. The van der Waals surface area contributed by atoms with Crippen molar-refractivity contribution in [2.75, 3.05) is 13.1 Å². The Morgan fingerprint density at radius 1 is 0.895 bits per heavy atom. The first-order valence-electron chi connectivity index (χ1n) is 11.8. The second kappa shape index (κ2) is 12.2. The molecule has 0 aliphatic heterocycles. The number of nitrogens with one attached hydrogen (secondary N) is 1. The zero-order valence-electron chi connectivity index (χ0n) is 20.2. The molecule has 0 saturated carbocycles. The van der Waals surface area contributed by atoms with Gasteiger partial charge in [0.15, 0.2) is 0 Å². The van der Waals surface area contributed by atoms with E-state index < -0.39 is 21.9 Å². The summed E-state index contributed by atoms with van der Waals surface area (Å²) >= 11 is 5.97. The first kappa shape index (κ1) is 27.3. The molecule has 1 atom stereocenters. The zero-order chi connectivity index (χ0) is 27.1. The van der Waals surface area contributed by atoms with Crippen LogP contribution in [0.25, 0.3) is 0 Å². The van der Waals surface area contributed by atoms with E-state index in [4.69, 9.17) is 16.3 Å². The van der Waals surface area contributed by atoms with Crippen LogP contribution in [-0.4, -0.2) is 37.7 Å². The molecule has 0 spiro atoms. The first-order chi connectivity index (χ1) is 18.2. The van der Waals surface area contributed by atoms with Crippen molar-refractivity contribution in [1.82, 2.24) is 5.32 Å². The molecule has 0 amide bonds. The number of rotatable bonds is 11. The third kappa shape index (κ3) is 6.79. The highest BCUT2D eigenvalue weighted by Crippen LogP contribution is 2.29. The van der Waals surface area contributed by atoms with Crippen molar-refractivity contribution < 1.29 is 28.2 Å². The second-order valence-corrected chi connectivity index (χ2v) is 10.9. The van der Waals surface area contributed by atoms with Gasteiger partial charge < -0.3 is 20.3 Å². The summed E-state index contributed by atoms with van der Waals surface area (Å²) in [5, 5.41) is 23.4. The van der Waals surface area contributed by atoms with Crippen molar-refractivity contribution in [3.05, 3.63) is 119 Å². The lowest BCUT2D eigenvalue weighted by atomic mass is 10.1. The number of carboxylic acid groups (broad SMARTS) is 1. The van der Waals surface area contributed by atoms with Gasteiger partial charge >= 0.3 is 5.97 Å². The van der Waals surface area contributed by atoms with E-state index in [0.717, 1.165) is 11.1 Å². The van der Waals surface area contributed by atoms with Gasteiger partial charge in [-0.15, -0.1) is 0 Å². The third-order valence-corrected chi connectivity index (χ3v) is 7.86. The van der Waals surface area contributed by atoms with Crippen molar-refractivity contribution >= 4 is 27.4 Å². The van der Waals surface area contributed by atoms with Gasteiger partial charge in [-0.05, 0) is 78.7 Å². The maximum Gasteiger partial charge on any atom is 0.339 e. The van der Waals surface area contributed by atoms with Gasteiger partial charge in [0, 0.05) is 11.6 Å². The van der Waals surface area contributed by atoms with Crippen LogP contribution >= 0.6 is 11.6 Å². The van der Waals surface area contributed by atoms with E-state index in [0.29, 0.717) is 24.5 Å². The number of sulfone groups is 1. The van der Waals surface area contributed by atoms with Crippen LogP contribution in [-0.2, 0) is 16.3 Å². The van der Waals surface area contributed by atoms with Gasteiger partial charge in [-0.1, -0.05) is 54.1 Å². The third-order valence-electron chi connectivity index (χ3n) is 5.86. The maximum atomic E-state index is 13.2. The Balaban J connectivity index is 1.38. The average Bonchev–Trinajstić information content (AvgIpc) is 2.91. The number of benzene rings is 4. The van der Waals surface area contributed by atoms with Gasteiger partial charge in [0.1, 0.15) is 17.1 Å². The average molecular weight is 552 g/mol. The predicted octanol–water partition coefficient (Wildman–Crippen LogP) is 5.53. The van der Waals surface area contributed by atoms with Crippen LogP contribution in [0, 0.1) is 0 Å². The van der Waals surface area contributed by atoms with Gasteiger partial charge in [0.2, 0.25) is 9.84 Å². The summed E-state index contributed by atoms with van der Waals surface area (Å²) in [4.78, 5) is 11.6. The maximum absolute atomic E-state index is 13.2. The lowest BCUT2D eigenvalue weighted by Gasteiger charge is -2.13. The van der Waals surface area contributed by atoms with Crippen LogP contribution in [0.3, 0.4) is 0 Å². The summed E-state index contributed by atoms with van der Waals surface area (Å²) in [7, 11) is -3.82. The molecule has 0 aliphatic rings. The Morgan fingerprint density at radius 3 is 2.37 bits per heavy atom. The number of halogens is 1. The highest BCUT2D eigenvalue weighted by Gasteiger charge is 2.19. The molecule has 9 heteroatoms. The van der Waals surface area contributed by atoms with Gasteiger partial charge in [-0.25, -0.2) is 13.2 Å². The summed E-state index contributed by atoms with van der Waals surface area (Å²) in [6.07, 6.45) is -0.0342. The minimum absolute atomic E-state index is 0.0233. The molecular weight excluding hydrogens is 526 g/mol. The molecule has 1 unspecified atom stereocenters. The predicted molar refractivity (Wildman–Crippen MR) is 145 cm³/mol. The fraction of sp³-hybridized carbons (Fsp3) is 0.138. The minimum atomic E-state index is -3.82. The van der Waals surface area contributed by atoms with Crippen LogP contribution in [0.1, 0.15) is 27.6 Å². The van der Waals surface area contributed by atoms with E-state index in [1.54, 1.807) is 66.7 Å². The number of aromatic carboxylic acids is 1. The van der Waals surface area contributed by atoms with Gasteiger partial charge in [0.05, 0.1) is 15.9 Å². The summed E-state index contributed by atoms with van der Waals surface area (Å²) in [5.74, 6) is -0.813. The number of carbonyl (C=O) groups is 1.